The van der Waals surface area contributed by atoms with Gasteiger partial charge in [0.2, 0.25) is 0 Å². The average Bonchev–Trinajstić information content (AvgIpc) is 3.13. The van der Waals surface area contributed by atoms with E-state index < -0.39 is 5.54 Å². The van der Waals surface area contributed by atoms with Crippen LogP contribution in [0.1, 0.15) is 24.0 Å². The molecule has 2 aromatic rings. The van der Waals surface area contributed by atoms with Crippen molar-refractivity contribution in [2.75, 3.05) is 13.2 Å². The molecule has 1 unspecified atom stereocenters. The first-order valence-corrected chi connectivity index (χ1v) is 8.61. The zero-order chi connectivity index (χ0) is 17.3. The maximum absolute atomic E-state index is 13.0. The van der Waals surface area contributed by atoms with Crippen molar-refractivity contribution in [1.29, 1.82) is 0 Å². The monoisotopic (exact) mass is 336 g/mol. The molecule has 1 N–H and O–H groups in total. The number of nitrogens with one attached hydrogen (secondary N) is 1. The number of rotatable bonds is 5. The summed E-state index contributed by atoms with van der Waals surface area (Å²) >= 11 is 0. The van der Waals surface area contributed by atoms with E-state index in [-0.39, 0.29) is 11.9 Å². The summed E-state index contributed by atoms with van der Waals surface area (Å²) in [5, 5.41) is 2.94. The van der Waals surface area contributed by atoms with Gasteiger partial charge in [-0.05, 0) is 42.5 Å². The van der Waals surface area contributed by atoms with Crippen LogP contribution in [0.5, 0.6) is 5.75 Å². The average molecular weight is 336 g/mol. The van der Waals surface area contributed by atoms with Crippen molar-refractivity contribution in [3.05, 3.63) is 65.7 Å². The smallest absolute Gasteiger partial charge is 0.325 e. The zero-order valence-corrected chi connectivity index (χ0v) is 13.9. The van der Waals surface area contributed by atoms with Crippen LogP contribution in [-0.4, -0.2) is 30.0 Å². The van der Waals surface area contributed by atoms with Crippen LogP contribution in [0.15, 0.2) is 54.6 Å². The van der Waals surface area contributed by atoms with Crippen molar-refractivity contribution in [3.63, 3.8) is 0 Å². The lowest BCUT2D eigenvalue weighted by Gasteiger charge is -2.22. The molecule has 0 aromatic heterocycles. The van der Waals surface area contributed by atoms with Crippen LogP contribution in [-0.2, 0) is 16.8 Å². The normalized spacial score (nSPS) is 21.5. The molecular formula is C20H20N2O3. The molecule has 1 saturated heterocycles. The third-order valence-electron chi connectivity index (χ3n) is 4.96. The summed E-state index contributed by atoms with van der Waals surface area (Å²) in [6.45, 7) is 0.825. The Morgan fingerprint density at radius 1 is 1.04 bits per heavy atom. The number of fused-ring (bicyclic) bond motifs is 2. The largest absolute Gasteiger partial charge is 0.494 e. The van der Waals surface area contributed by atoms with E-state index in [4.69, 9.17) is 4.74 Å². The minimum absolute atomic E-state index is 0.137. The Bertz CT molecular complexity index is 806. The second kappa shape index (κ2) is 6.24. The van der Waals surface area contributed by atoms with Gasteiger partial charge < -0.3 is 10.1 Å². The van der Waals surface area contributed by atoms with Gasteiger partial charge in [-0.15, -0.1) is 0 Å². The van der Waals surface area contributed by atoms with E-state index in [1.165, 1.54) is 4.90 Å². The number of nitrogens with zero attached hydrogens (tertiary/aromatic N) is 1. The van der Waals surface area contributed by atoms with E-state index in [1.54, 1.807) is 0 Å². The topological polar surface area (TPSA) is 58.6 Å². The molecule has 128 valence electrons. The van der Waals surface area contributed by atoms with E-state index in [0.717, 1.165) is 23.3 Å². The number of carbonyl (C=O) groups is 2. The SMILES string of the molecule is O=C1NC2(CCc3ccccc32)C(=O)N1CCCOc1ccccc1. The lowest BCUT2D eigenvalue weighted by molar-refractivity contribution is -0.131. The van der Waals surface area contributed by atoms with Crippen molar-refractivity contribution < 1.29 is 14.3 Å². The molecule has 1 atom stereocenters. The number of benzene rings is 2. The number of hydrogen-bond acceptors (Lipinski definition) is 3. The number of ether oxygens (including phenoxy) is 1. The standard InChI is InChI=1S/C20H20N2O3/c23-18-20(12-11-15-7-4-5-10-17(15)20)21-19(24)22(18)13-6-14-25-16-8-2-1-3-9-16/h1-5,7-10H,6,11-14H2,(H,21,24). The molecule has 1 aliphatic carbocycles. The predicted octanol–water partition coefficient (Wildman–Crippen LogP) is 2.85. The van der Waals surface area contributed by atoms with Crippen molar-refractivity contribution in [2.24, 2.45) is 0 Å². The van der Waals surface area contributed by atoms with E-state index in [0.29, 0.717) is 26.0 Å². The number of carbonyl (C=O) groups excluding carboxylic acids is 2. The van der Waals surface area contributed by atoms with Crippen LogP contribution in [0.2, 0.25) is 0 Å². The molecule has 3 amide bonds. The Labute approximate surface area is 146 Å². The second-order valence-electron chi connectivity index (χ2n) is 6.46. The molecule has 2 aromatic carbocycles. The van der Waals surface area contributed by atoms with Crippen molar-refractivity contribution in [2.45, 2.75) is 24.8 Å². The van der Waals surface area contributed by atoms with Gasteiger partial charge in [0, 0.05) is 6.54 Å². The highest BCUT2D eigenvalue weighted by Crippen LogP contribution is 2.41. The quantitative estimate of drug-likeness (QED) is 0.675. The molecule has 1 fully saturated rings. The maximum atomic E-state index is 13.0. The summed E-state index contributed by atoms with van der Waals surface area (Å²) in [5.74, 6) is 0.656. The number of urea groups is 1. The molecular weight excluding hydrogens is 316 g/mol. The van der Waals surface area contributed by atoms with Crippen molar-refractivity contribution in [1.82, 2.24) is 10.2 Å². The number of aryl methyl sites for hydroxylation is 1. The number of amides is 3. The fraction of sp³-hybridized carbons (Fsp3) is 0.300. The first kappa shape index (κ1) is 15.7. The van der Waals surface area contributed by atoms with E-state index in [9.17, 15) is 9.59 Å². The van der Waals surface area contributed by atoms with E-state index >= 15 is 0 Å². The van der Waals surface area contributed by atoms with Crippen molar-refractivity contribution in [3.8, 4) is 5.75 Å². The van der Waals surface area contributed by atoms with Gasteiger partial charge in [-0.2, -0.15) is 0 Å². The van der Waals surface area contributed by atoms with E-state index in [1.807, 2.05) is 54.6 Å². The summed E-state index contributed by atoms with van der Waals surface area (Å²) in [5.41, 5.74) is 1.22. The minimum atomic E-state index is -0.867. The third kappa shape index (κ3) is 2.65. The van der Waals surface area contributed by atoms with Gasteiger partial charge >= 0.3 is 6.03 Å². The zero-order valence-electron chi connectivity index (χ0n) is 13.9. The number of para-hydroxylation sites is 1. The summed E-state index contributed by atoms with van der Waals surface area (Å²) < 4.78 is 5.64. The van der Waals surface area contributed by atoms with E-state index in [2.05, 4.69) is 5.32 Å². The molecule has 0 saturated carbocycles. The molecule has 2 aliphatic rings. The number of hydrogen-bond donors (Lipinski definition) is 1. The van der Waals surface area contributed by atoms with Crippen LogP contribution in [0.3, 0.4) is 0 Å². The van der Waals surface area contributed by atoms with Crippen LogP contribution < -0.4 is 10.1 Å². The molecule has 1 heterocycles. The van der Waals surface area contributed by atoms with Crippen LogP contribution in [0.25, 0.3) is 0 Å². The molecule has 25 heavy (non-hydrogen) atoms. The van der Waals surface area contributed by atoms with Crippen LogP contribution >= 0.6 is 0 Å². The Balaban J connectivity index is 1.41. The van der Waals surface area contributed by atoms with Gasteiger partial charge in [0.1, 0.15) is 11.3 Å². The fourth-order valence-electron chi connectivity index (χ4n) is 3.72. The predicted molar refractivity (Wildman–Crippen MR) is 93.2 cm³/mol. The molecule has 1 spiro atoms. The van der Waals surface area contributed by atoms with Gasteiger partial charge in [-0.1, -0.05) is 42.5 Å². The highest BCUT2D eigenvalue weighted by molar-refractivity contribution is 6.08. The highest BCUT2D eigenvalue weighted by atomic mass is 16.5. The Hall–Kier alpha value is -2.82. The molecule has 5 nitrogen and oxygen atoms in total. The summed E-state index contributed by atoms with van der Waals surface area (Å²) in [7, 11) is 0. The molecule has 5 heteroatoms. The Morgan fingerprint density at radius 3 is 2.64 bits per heavy atom. The highest BCUT2D eigenvalue weighted by Gasteiger charge is 2.54. The summed E-state index contributed by atoms with van der Waals surface area (Å²) in [4.78, 5) is 26.7. The van der Waals surface area contributed by atoms with Gasteiger partial charge in [0.25, 0.3) is 5.91 Å². The minimum Gasteiger partial charge on any atom is -0.494 e. The summed E-state index contributed by atoms with van der Waals surface area (Å²) in [6.07, 6.45) is 2.05. The van der Waals surface area contributed by atoms with Gasteiger partial charge in [-0.25, -0.2) is 4.79 Å². The third-order valence-corrected chi connectivity index (χ3v) is 4.96. The molecule has 0 radical (unpaired) electrons. The van der Waals surface area contributed by atoms with Gasteiger partial charge in [0.15, 0.2) is 0 Å². The van der Waals surface area contributed by atoms with Gasteiger partial charge in [0.05, 0.1) is 6.61 Å². The lowest BCUT2D eigenvalue weighted by Crippen LogP contribution is -2.42. The summed E-state index contributed by atoms with van der Waals surface area (Å²) in [6, 6.07) is 17.1. The lowest BCUT2D eigenvalue weighted by atomic mass is 9.92. The molecule has 0 bridgehead atoms. The molecule has 1 aliphatic heterocycles. The van der Waals surface area contributed by atoms with Crippen LogP contribution in [0.4, 0.5) is 4.79 Å². The van der Waals surface area contributed by atoms with Crippen LogP contribution in [0, 0.1) is 0 Å². The maximum Gasteiger partial charge on any atom is 0.325 e. The second-order valence-corrected chi connectivity index (χ2v) is 6.46. The molecule has 4 rings (SSSR count). The first-order chi connectivity index (χ1) is 12.2. The fourth-order valence-corrected chi connectivity index (χ4v) is 3.72. The number of imide groups is 1. The first-order valence-electron chi connectivity index (χ1n) is 8.61. The Morgan fingerprint density at radius 2 is 1.80 bits per heavy atom. The Kier molecular flexibility index (Phi) is 3.92. The van der Waals surface area contributed by atoms with Crippen molar-refractivity contribution >= 4 is 11.9 Å². The van der Waals surface area contributed by atoms with Gasteiger partial charge in [-0.3, -0.25) is 9.69 Å².